The number of aromatic hydroxyl groups is 1. The summed E-state index contributed by atoms with van der Waals surface area (Å²) >= 11 is 0. The van der Waals surface area contributed by atoms with E-state index in [-0.39, 0.29) is 28.2 Å². The van der Waals surface area contributed by atoms with Gasteiger partial charge < -0.3 is 15.9 Å². The highest BCUT2D eigenvalue weighted by Crippen LogP contribution is 2.25. The van der Waals surface area contributed by atoms with Gasteiger partial charge in [0.05, 0.1) is 10.5 Å². The number of rotatable bonds is 2. The lowest BCUT2D eigenvalue weighted by molar-refractivity contribution is -0.385. The van der Waals surface area contributed by atoms with E-state index in [0.717, 1.165) is 24.3 Å². The zero-order valence-electron chi connectivity index (χ0n) is 9.34. The van der Waals surface area contributed by atoms with Crippen LogP contribution >= 0.6 is 0 Å². The second-order valence-corrected chi connectivity index (χ2v) is 3.47. The predicted molar refractivity (Wildman–Crippen MR) is 63.0 cm³/mol. The number of nitrogens with one attached hydrogen (secondary N) is 2. The zero-order valence-corrected chi connectivity index (χ0v) is 9.34. The number of carbonyl (C=O) groups is 2. The van der Waals surface area contributed by atoms with Crippen molar-refractivity contribution in [2.24, 2.45) is 0 Å². The minimum atomic E-state index is -0.700. The van der Waals surface area contributed by atoms with Crippen LogP contribution in [-0.2, 0) is 4.79 Å². The van der Waals surface area contributed by atoms with Crippen molar-refractivity contribution in [2.75, 3.05) is 0 Å². The summed E-state index contributed by atoms with van der Waals surface area (Å²) in [6.45, 7) is 0. The molecular weight excluding hydrogens is 258 g/mol. The predicted octanol–water partition coefficient (Wildman–Crippen LogP) is -0.344. The van der Waals surface area contributed by atoms with Crippen molar-refractivity contribution in [1.82, 2.24) is 10.6 Å². The molecule has 0 atom stereocenters. The van der Waals surface area contributed by atoms with Crippen molar-refractivity contribution in [3.05, 3.63) is 39.6 Å². The molecule has 1 heterocycles. The lowest BCUT2D eigenvalue weighted by atomic mass is 10.1. The molecular formula is C10H9N3O6. The fourth-order valence-corrected chi connectivity index (χ4v) is 1.46. The molecule has 1 aromatic rings. The van der Waals surface area contributed by atoms with Gasteiger partial charge in [-0.15, -0.1) is 0 Å². The van der Waals surface area contributed by atoms with E-state index in [1.807, 2.05) is 5.32 Å². The van der Waals surface area contributed by atoms with Gasteiger partial charge in [-0.2, -0.15) is 0 Å². The van der Waals surface area contributed by atoms with Gasteiger partial charge in [0.1, 0.15) is 11.4 Å². The van der Waals surface area contributed by atoms with Crippen molar-refractivity contribution in [2.45, 2.75) is 0 Å². The van der Waals surface area contributed by atoms with E-state index in [4.69, 9.17) is 0 Å². The van der Waals surface area contributed by atoms with Crippen LogP contribution in [0.5, 0.6) is 5.75 Å². The second kappa shape index (κ2) is 5.14. The van der Waals surface area contributed by atoms with E-state index in [9.17, 15) is 24.8 Å². The van der Waals surface area contributed by atoms with E-state index in [0.29, 0.717) is 0 Å². The summed E-state index contributed by atoms with van der Waals surface area (Å²) in [6.07, 6.45) is 1.12. The summed E-state index contributed by atoms with van der Waals surface area (Å²) in [5.41, 5.74) is -0.379. The highest BCUT2D eigenvalue weighted by atomic mass is 16.6. The molecule has 0 aliphatic carbocycles. The Morgan fingerprint density at radius 3 is 2.47 bits per heavy atom. The topological polar surface area (TPSA) is 153 Å². The van der Waals surface area contributed by atoms with E-state index in [2.05, 4.69) is 5.32 Å². The van der Waals surface area contributed by atoms with Crippen LogP contribution in [-0.4, -0.2) is 27.4 Å². The van der Waals surface area contributed by atoms with E-state index in [1.54, 1.807) is 0 Å². The summed E-state index contributed by atoms with van der Waals surface area (Å²) in [7, 11) is 0. The fourth-order valence-electron chi connectivity index (χ4n) is 1.46. The minimum Gasteiger partial charge on any atom is -0.508 e. The first kappa shape index (κ1) is 14.1. The number of nitro benzene ring substituents is 1. The van der Waals surface area contributed by atoms with Crippen LogP contribution in [0.25, 0.3) is 6.08 Å². The first-order valence-corrected chi connectivity index (χ1v) is 4.79. The van der Waals surface area contributed by atoms with Crippen LogP contribution in [0.4, 0.5) is 10.5 Å². The molecule has 0 unspecified atom stereocenters. The second-order valence-electron chi connectivity index (χ2n) is 3.47. The van der Waals surface area contributed by atoms with Crippen molar-refractivity contribution in [3.8, 4) is 5.75 Å². The normalized spacial score (nSPS) is 15.7. The molecule has 1 aliphatic heterocycles. The third-order valence-corrected chi connectivity index (χ3v) is 2.23. The number of hydrogen-bond acceptors (Lipinski definition) is 5. The summed E-state index contributed by atoms with van der Waals surface area (Å²) in [4.78, 5) is 32.2. The highest BCUT2D eigenvalue weighted by Gasteiger charge is 2.24. The maximum absolute atomic E-state index is 11.3. The Balaban J connectivity index is 0.00000180. The summed E-state index contributed by atoms with van der Waals surface area (Å²) in [5, 5.41) is 24.2. The fraction of sp³-hybridized carbons (Fsp3) is 0. The molecule has 9 nitrogen and oxygen atoms in total. The van der Waals surface area contributed by atoms with Crippen molar-refractivity contribution < 1.29 is 25.1 Å². The molecule has 2 rings (SSSR count). The Morgan fingerprint density at radius 2 is 1.95 bits per heavy atom. The van der Waals surface area contributed by atoms with Crippen molar-refractivity contribution in [3.63, 3.8) is 0 Å². The molecule has 0 spiro atoms. The first-order valence-electron chi connectivity index (χ1n) is 4.79. The number of phenolic OH excluding ortho intramolecular Hbond substituents is 1. The molecule has 0 radical (unpaired) electrons. The van der Waals surface area contributed by atoms with Gasteiger partial charge in [-0.3, -0.25) is 20.2 Å². The van der Waals surface area contributed by atoms with Gasteiger partial charge in [-0.25, -0.2) is 4.79 Å². The molecule has 0 aromatic heterocycles. The number of amides is 3. The molecule has 1 fully saturated rings. The zero-order chi connectivity index (χ0) is 13.3. The van der Waals surface area contributed by atoms with E-state index < -0.39 is 16.9 Å². The molecule has 9 heteroatoms. The van der Waals surface area contributed by atoms with Gasteiger partial charge >= 0.3 is 6.03 Å². The molecule has 0 saturated carbocycles. The molecule has 1 aliphatic rings. The lowest BCUT2D eigenvalue weighted by Gasteiger charge is -1.99. The molecule has 3 amide bonds. The standard InChI is InChI=1S/C10H7N3O5.H2O/c14-6-1-2-8(13(17)18)5(3-6)4-7-9(15)12-10(16)11-7;/h1-4,14H,(H2,11,12,15,16);1H2. The Morgan fingerprint density at radius 1 is 1.26 bits per heavy atom. The Bertz CT molecular complexity index is 595. The monoisotopic (exact) mass is 267 g/mol. The minimum absolute atomic E-state index is 0. The van der Waals surface area contributed by atoms with Gasteiger partial charge in [0.2, 0.25) is 0 Å². The Kier molecular flexibility index (Phi) is 3.82. The number of phenols is 1. The van der Waals surface area contributed by atoms with Crippen LogP contribution in [0, 0.1) is 10.1 Å². The number of imide groups is 1. The molecule has 100 valence electrons. The Hall–Kier alpha value is -2.94. The van der Waals surface area contributed by atoms with Gasteiger partial charge in [0, 0.05) is 6.07 Å². The number of benzene rings is 1. The van der Waals surface area contributed by atoms with Crippen LogP contribution in [0.15, 0.2) is 23.9 Å². The smallest absolute Gasteiger partial charge is 0.326 e. The third kappa shape index (κ3) is 2.84. The number of urea groups is 1. The number of carbonyl (C=O) groups excluding carboxylic acids is 2. The quantitative estimate of drug-likeness (QED) is 0.289. The SMILES string of the molecule is O.O=C1NC(=O)C(=Cc2cc(O)ccc2[N+](=O)[O-])N1. The van der Waals surface area contributed by atoms with Crippen LogP contribution in [0.3, 0.4) is 0 Å². The maximum atomic E-state index is 11.3. The molecule has 1 aromatic carbocycles. The van der Waals surface area contributed by atoms with Crippen LogP contribution < -0.4 is 10.6 Å². The van der Waals surface area contributed by atoms with E-state index in [1.165, 1.54) is 0 Å². The highest BCUT2D eigenvalue weighted by molar-refractivity contribution is 6.14. The Labute approximate surface area is 106 Å². The number of hydrogen-bond donors (Lipinski definition) is 3. The van der Waals surface area contributed by atoms with Gasteiger partial charge in [-0.05, 0) is 18.2 Å². The maximum Gasteiger partial charge on any atom is 0.326 e. The molecule has 5 N–H and O–H groups in total. The average molecular weight is 267 g/mol. The van der Waals surface area contributed by atoms with Gasteiger partial charge in [0.25, 0.3) is 11.6 Å². The van der Waals surface area contributed by atoms with Gasteiger partial charge in [-0.1, -0.05) is 0 Å². The first-order chi connectivity index (χ1) is 8.47. The van der Waals surface area contributed by atoms with Crippen molar-refractivity contribution in [1.29, 1.82) is 0 Å². The summed E-state index contributed by atoms with van der Waals surface area (Å²) < 4.78 is 0. The average Bonchev–Trinajstić information content (AvgIpc) is 2.57. The van der Waals surface area contributed by atoms with E-state index >= 15 is 0 Å². The number of nitro groups is 1. The summed E-state index contributed by atoms with van der Waals surface area (Å²) in [5.74, 6) is -0.866. The molecule has 19 heavy (non-hydrogen) atoms. The molecule has 1 saturated heterocycles. The number of nitrogens with zero attached hydrogens (tertiary/aromatic N) is 1. The largest absolute Gasteiger partial charge is 0.508 e. The van der Waals surface area contributed by atoms with Crippen molar-refractivity contribution >= 4 is 23.7 Å². The van der Waals surface area contributed by atoms with Crippen LogP contribution in [0.2, 0.25) is 0 Å². The lowest BCUT2D eigenvalue weighted by Crippen LogP contribution is -2.22. The van der Waals surface area contributed by atoms with Crippen LogP contribution in [0.1, 0.15) is 5.56 Å². The summed E-state index contributed by atoms with van der Waals surface area (Å²) in [6, 6.07) is 2.70. The third-order valence-electron chi connectivity index (χ3n) is 2.23. The van der Waals surface area contributed by atoms with Gasteiger partial charge in [0.15, 0.2) is 0 Å². The molecule has 0 bridgehead atoms.